The highest BCUT2D eigenvalue weighted by molar-refractivity contribution is 5.77. The molecule has 2 heterocycles. The van der Waals surface area contributed by atoms with Gasteiger partial charge in [0.15, 0.2) is 0 Å². The average molecular weight is 258 g/mol. The minimum Gasteiger partial charge on any atom is -0.460 e. The molecule has 0 aliphatic carbocycles. The molecule has 0 spiro atoms. The van der Waals surface area contributed by atoms with Gasteiger partial charge < -0.3 is 9.73 Å². The van der Waals surface area contributed by atoms with Gasteiger partial charge in [-0.25, -0.2) is 0 Å². The lowest BCUT2D eigenvalue weighted by atomic mass is 10.1. The summed E-state index contributed by atoms with van der Waals surface area (Å²) in [6, 6.07) is 11.1. The van der Waals surface area contributed by atoms with E-state index in [1.165, 1.54) is 24.8 Å². The van der Waals surface area contributed by atoms with Gasteiger partial charge in [-0.05, 0) is 38.1 Å². The fourth-order valence-electron chi connectivity index (χ4n) is 2.96. The fourth-order valence-corrected chi connectivity index (χ4v) is 2.96. The van der Waals surface area contributed by atoms with Gasteiger partial charge in [0.25, 0.3) is 0 Å². The lowest BCUT2D eigenvalue weighted by Crippen LogP contribution is -2.45. The summed E-state index contributed by atoms with van der Waals surface area (Å²) in [6.45, 7) is 6.49. The topological polar surface area (TPSA) is 28.4 Å². The molecule has 0 bridgehead atoms. The first kappa shape index (κ1) is 12.7. The van der Waals surface area contributed by atoms with Crippen LogP contribution in [0, 0.1) is 0 Å². The van der Waals surface area contributed by atoms with E-state index >= 15 is 0 Å². The van der Waals surface area contributed by atoms with Crippen molar-refractivity contribution < 1.29 is 4.42 Å². The maximum absolute atomic E-state index is 5.93. The van der Waals surface area contributed by atoms with E-state index in [9.17, 15) is 0 Å². The van der Waals surface area contributed by atoms with Gasteiger partial charge in [0.05, 0.1) is 6.54 Å². The van der Waals surface area contributed by atoms with Crippen molar-refractivity contribution in [2.24, 2.45) is 0 Å². The lowest BCUT2D eigenvalue weighted by molar-refractivity contribution is 0.156. The molecule has 19 heavy (non-hydrogen) atoms. The van der Waals surface area contributed by atoms with E-state index in [2.05, 4.69) is 35.3 Å². The van der Waals surface area contributed by atoms with Gasteiger partial charge in [-0.1, -0.05) is 25.1 Å². The average Bonchev–Trinajstić information content (AvgIpc) is 2.88. The zero-order valence-corrected chi connectivity index (χ0v) is 11.6. The van der Waals surface area contributed by atoms with Crippen LogP contribution in [0.1, 0.15) is 25.5 Å². The first-order chi connectivity index (χ1) is 9.36. The summed E-state index contributed by atoms with van der Waals surface area (Å²) in [6.07, 6.45) is 2.57. The molecular formula is C16H22N2O. The number of hydrogen-bond acceptors (Lipinski definition) is 3. The van der Waals surface area contributed by atoms with Crippen molar-refractivity contribution in [3.63, 3.8) is 0 Å². The van der Waals surface area contributed by atoms with E-state index in [0.717, 1.165) is 31.0 Å². The molecule has 1 unspecified atom stereocenters. The Morgan fingerprint density at radius 3 is 3.00 bits per heavy atom. The summed E-state index contributed by atoms with van der Waals surface area (Å²) in [5, 5.41) is 4.69. The van der Waals surface area contributed by atoms with E-state index < -0.39 is 0 Å². The molecule has 102 valence electrons. The van der Waals surface area contributed by atoms with Gasteiger partial charge in [0.2, 0.25) is 0 Å². The van der Waals surface area contributed by atoms with Gasteiger partial charge in [-0.15, -0.1) is 0 Å². The zero-order chi connectivity index (χ0) is 13.1. The largest absolute Gasteiger partial charge is 0.460 e. The van der Waals surface area contributed by atoms with Crippen molar-refractivity contribution in [1.29, 1.82) is 0 Å². The number of rotatable bonds is 4. The van der Waals surface area contributed by atoms with Crippen molar-refractivity contribution >= 4 is 11.0 Å². The van der Waals surface area contributed by atoms with E-state index in [1.54, 1.807) is 0 Å². The molecule has 1 atom stereocenters. The van der Waals surface area contributed by atoms with Gasteiger partial charge in [-0.3, -0.25) is 4.90 Å². The molecule has 1 aromatic carbocycles. The van der Waals surface area contributed by atoms with Crippen LogP contribution in [-0.4, -0.2) is 30.6 Å². The Kier molecular flexibility index (Phi) is 3.85. The van der Waals surface area contributed by atoms with Crippen molar-refractivity contribution in [3.8, 4) is 0 Å². The number of nitrogens with zero attached hydrogens (tertiary/aromatic N) is 1. The first-order valence-electron chi connectivity index (χ1n) is 7.29. The van der Waals surface area contributed by atoms with Crippen molar-refractivity contribution in [3.05, 3.63) is 36.1 Å². The molecule has 1 aromatic heterocycles. The number of benzene rings is 1. The molecule has 0 saturated carbocycles. The summed E-state index contributed by atoms with van der Waals surface area (Å²) in [5.41, 5.74) is 0.996. The Balaban J connectivity index is 1.74. The Morgan fingerprint density at radius 2 is 2.26 bits per heavy atom. The quantitative estimate of drug-likeness (QED) is 0.914. The fraction of sp³-hybridized carbons (Fsp3) is 0.500. The molecule has 0 radical (unpaired) electrons. The highest BCUT2D eigenvalue weighted by Crippen LogP contribution is 2.21. The van der Waals surface area contributed by atoms with Gasteiger partial charge in [0.1, 0.15) is 11.3 Å². The number of likely N-dealkylation sites (N-methyl/N-ethyl adjacent to an activating group) is 1. The molecule has 3 nitrogen and oxygen atoms in total. The van der Waals surface area contributed by atoms with Crippen LogP contribution in [0.2, 0.25) is 0 Å². The Labute approximate surface area is 114 Å². The smallest absolute Gasteiger partial charge is 0.134 e. The molecule has 3 heteroatoms. The van der Waals surface area contributed by atoms with Crippen molar-refractivity contribution in [2.75, 3.05) is 19.6 Å². The predicted molar refractivity (Wildman–Crippen MR) is 78.2 cm³/mol. The standard InChI is InChI=1S/C16H22N2O/c1-2-18(14-7-5-9-17-11-14)12-15-10-13-6-3-4-8-16(13)19-15/h3-4,6,8,10,14,17H,2,5,7,9,11-12H2,1H3. The normalized spacial score (nSPS) is 20.2. The third-order valence-electron chi connectivity index (χ3n) is 4.03. The highest BCUT2D eigenvalue weighted by atomic mass is 16.3. The molecule has 2 aromatic rings. The molecule has 1 fully saturated rings. The number of furan rings is 1. The van der Waals surface area contributed by atoms with Crippen molar-refractivity contribution in [2.45, 2.75) is 32.4 Å². The van der Waals surface area contributed by atoms with E-state index in [-0.39, 0.29) is 0 Å². The van der Waals surface area contributed by atoms with Crippen LogP contribution in [0.15, 0.2) is 34.7 Å². The lowest BCUT2D eigenvalue weighted by Gasteiger charge is -2.33. The minimum atomic E-state index is 0.645. The number of piperidine rings is 1. The molecule has 3 rings (SSSR count). The predicted octanol–water partition coefficient (Wildman–Crippen LogP) is 3.01. The van der Waals surface area contributed by atoms with E-state index in [1.807, 2.05) is 12.1 Å². The summed E-state index contributed by atoms with van der Waals surface area (Å²) in [5.74, 6) is 1.08. The van der Waals surface area contributed by atoms with E-state index in [0.29, 0.717) is 6.04 Å². The Hall–Kier alpha value is -1.32. The van der Waals surface area contributed by atoms with Crippen LogP contribution in [0.4, 0.5) is 0 Å². The number of para-hydroxylation sites is 1. The molecular weight excluding hydrogens is 236 g/mol. The van der Waals surface area contributed by atoms with Crippen LogP contribution in [0.25, 0.3) is 11.0 Å². The van der Waals surface area contributed by atoms with Gasteiger partial charge in [0, 0.05) is 18.0 Å². The second-order valence-corrected chi connectivity index (χ2v) is 5.31. The number of nitrogens with one attached hydrogen (secondary N) is 1. The molecule has 0 amide bonds. The monoisotopic (exact) mass is 258 g/mol. The zero-order valence-electron chi connectivity index (χ0n) is 11.6. The van der Waals surface area contributed by atoms with Crippen LogP contribution < -0.4 is 5.32 Å². The summed E-state index contributed by atoms with van der Waals surface area (Å²) in [4.78, 5) is 2.52. The molecule has 1 N–H and O–H groups in total. The first-order valence-corrected chi connectivity index (χ1v) is 7.29. The molecule has 1 aliphatic rings. The maximum Gasteiger partial charge on any atom is 0.134 e. The van der Waals surface area contributed by atoms with E-state index in [4.69, 9.17) is 4.42 Å². The third kappa shape index (κ3) is 2.82. The van der Waals surface area contributed by atoms with Crippen molar-refractivity contribution in [1.82, 2.24) is 10.2 Å². The summed E-state index contributed by atoms with van der Waals surface area (Å²) in [7, 11) is 0. The Morgan fingerprint density at radius 1 is 1.37 bits per heavy atom. The van der Waals surface area contributed by atoms with Crippen LogP contribution in [-0.2, 0) is 6.54 Å². The number of hydrogen-bond donors (Lipinski definition) is 1. The van der Waals surface area contributed by atoms with Gasteiger partial charge in [-0.2, -0.15) is 0 Å². The number of fused-ring (bicyclic) bond motifs is 1. The highest BCUT2D eigenvalue weighted by Gasteiger charge is 2.20. The Bertz CT molecular complexity index is 495. The third-order valence-corrected chi connectivity index (χ3v) is 4.03. The van der Waals surface area contributed by atoms with Gasteiger partial charge >= 0.3 is 0 Å². The molecule has 1 aliphatic heterocycles. The van der Waals surface area contributed by atoms with Crippen LogP contribution in [0.5, 0.6) is 0 Å². The summed E-state index contributed by atoms with van der Waals surface area (Å²) >= 11 is 0. The maximum atomic E-state index is 5.93. The van der Waals surface area contributed by atoms with Crippen LogP contribution in [0.3, 0.4) is 0 Å². The van der Waals surface area contributed by atoms with Crippen LogP contribution >= 0.6 is 0 Å². The minimum absolute atomic E-state index is 0.645. The second kappa shape index (κ2) is 5.76. The second-order valence-electron chi connectivity index (χ2n) is 5.31. The molecule has 1 saturated heterocycles. The summed E-state index contributed by atoms with van der Waals surface area (Å²) < 4.78 is 5.93. The SMILES string of the molecule is CCN(Cc1cc2ccccc2o1)C1CCCNC1.